The van der Waals surface area contributed by atoms with E-state index in [1.165, 1.54) is 0 Å². The molecule has 2 aromatic rings. The number of nitrogens with one attached hydrogen (secondary N) is 1. The average Bonchev–Trinajstić information content (AvgIpc) is 3.27. The zero-order chi connectivity index (χ0) is 24.3. The van der Waals surface area contributed by atoms with Crippen molar-refractivity contribution in [3.05, 3.63) is 27.8 Å². The minimum absolute atomic E-state index is 0.0715. The second-order valence-corrected chi connectivity index (χ2v) is 8.78. The molecule has 12 heteroatoms. The third kappa shape index (κ3) is 5.55. The average molecular weight is 524 g/mol. The van der Waals surface area contributed by atoms with Gasteiger partial charge in [-0.05, 0) is 50.5 Å². The number of ether oxygens (including phenoxy) is 1. The van der Waals surface area contributed by atoms with Gasteiger partial charge in [0.2, 0.25) is 11.8 Å². The summed E-state index contributed by atoms with van der Waals surface area (Å²) < 4.78 is 9.10. The molecule has 2 aromatic heterocycles. The monoisotopic (exact) mass is 523 g/mol. The Morgan fingerprint density at radius 2 is 1.73 bits per heavy atom. The second kappa shape index (κ2) is 10.4. The summed E-state index contributed by atoms with van der Waals surface area (Å²) in [5.74, 6) is -0.323. The molecule has 1 N–H and O–H groups in total. The number of aryl methyl sites for hydroxylation is 2. The van der Waals surface area contributed by atoms with Gasteiger partial charge in [-0.25, -0.2) is 4.79 Å². The smallest absolute Gasteiger partial charge is 0.409 e. The first-order valence-electron chi connectivity index (χ1n) is 10.9. The number of nitrogens with zero attached hydrogens (tertiary/aromatic N) is 6. The summed E-state index contributed by atoms with van der Waals surface area (Å²) in [4.78, 5) is 40.7. The van der Waals surface area contributed by atoms with Crippen LogP contribution < -0.4 is 5.32 Å². The quantitative estimate of drug-likeness (QED) is 0.620. The van der Waals surface area contributed by atoms with E-state index in [2.05, 4.69) is 31.4 Å². The van der Waals surface area contributed by atoms with Gasteiger partial charge in [0.05, 0.1) is 33.8 Å². The number of carbonyl (C=O) groups excluding carboxylic acids is 3. The van der Waals surface area contributed by atoms with Crippen LogP contribution in [0.25, 0.3) is 0 Å². The van der Waals surface area contributed by atoms with Crippen LogP contribution in [0.15, 0.2) is 10.7 Å². The first-order valence-corrected chi connectivity index (χ1v) is 11.7. The number of piperazine rings is 1. The normalized spacial score (nSPS) is 14.8. The summed E-state index contributed by atoms with van der Waals surface area (Å²) in [7, 11) is 0. The SMILES string of the molecule is CCOC(=O)N1CCN(C(=O)C(C)n2cc(NC(=O)Cn3nc(C)c(Br)c3C)c(C)n2)CC1. The summed E-state index contributed by atoms with van der Waals surface area (Å²) in [6.45, 7) is 11.2. The molecule has 180 valence electrons. The molecule has 1 aliphatic rings. The Morgan fingerprint density at radius 1 is 1.09 bits per heavy atom. The van der Waals surface area contributed by atoms with E-state index in [1.807, 2.05) is 13.8 Å². The zero-order valence-corrected chi connectivity index (χ0v) is 21.2. The molecule has 0 aliphatic carbocycles. The van der Waals surface area contributed by atoms with E-state index in [-0.39, 0.29) is 24.5 Å². The van der Waals surface area contributed by atoms with Crippen molar-refractivity contribution in [1.82, 2.24) is 29.4 Å². The highest BCUT2D eigenvalue weighted by atomic mass is 79.9. The van der Waals surface area contributed by atoms with E-state index in [0.717, 1.165) is 15.9 Å². The maximum absolute atomic E-state index is 13.0. The lowest BCUT2D eigenvalue weighted by Gasteiger charge is -2.35. The predicted octanol–water partition coefficient (Wildman–Crippen LogP) is 2.27. The van der Waals surface area contributed by atoms with Crippen LogP contribution in [-0.4, -0.2) is 80.1 Å². The minimum atomic E-state index is -0.546. The number of aromatic nitrogens is 4. The van der Waals surface area contributed by atoms with Crippen molar-refractivity contribution in [2.24, 2.45) is 0 Å². The second-order valence-electron chi connectivity index (χ2n) is 7.99. The minimum Gasteiger partial charge on any atom is -0.450 e. The number of anilines is 1. The molecule has 0 saturated carbocycles. The zero-order valence-electron chi connectivity index (χ0n) is 19.6. The fraction of sp³-hybridized carbons (Fsp3) is 0.571. The molecule has 1 unspecified atom stereocenters. The molecule has 11 nitrogen and oxygen atoms in total. The lowest BCUT2D eigenvalue weighted by Crippen LogP contribution is -2.52. The first kappa shape index (κ1) is 24.7. The van der Waals surface area contributed by atoms with Gasteiger partial charge in [0, 0.05) is 32.4 Å². The highest BCUT2D eigenvalue weighted by molar-refractivity contribution is 9.10. The Bertz CT molecular complexity index is 1040. The largest absolute Gasteiger partial charge is 0.450 e. The topological polar surface area (TPSA) is 115 Å². The van der Waals surface area contributed by atoms with E-state index in [4.69, 9.17) is 4.74 Å². The molecule has 3 amide bonds. The molecule has 1 aliphatic heterocycles. The Kier molecular flexibility index (Phi) is 7.77. The fourth-order valence-corrected chi connectivity index (χ4v) is 3.94. The van der Waals surface area contributed by atoms with E-state index < -0.39 is 6.04 Å². The van der Waals surface area contributed by atoms with E-state index >= 15 is 0 Å². The van der Waals surface area contributed by atoms with Crippen LogP contribution in [0.4, 0.5) is 10.5 Å². The highest BCUT2D eigenvalue weighted by Gasteiger charge is 2.29. The van der Waals surface area contributed by atoms with Crippen LogP contribution in [-0.2, 0) is 20.9 Å². The van der Waals surface area contributed by atoms with Gasteiger partial charge in [0.1, 0.15) is 12.6 Å². The van der Waals surface area contributed by atoms with Crippen molar-refractivity contribution >= 4 is 39.5 Å². The number of hydrogen-bond acceptors (Lipinski definition) is 6. The summed E-state index contributed by atoms with van der Waals surface area (Å²) in [6, 6.07) is -0.546. The lowest BCUT2D eigenvalue weighted by atomic mass is 10.2. The van der Waals surface area contributed by atoms with Crippen LogP contribution >= 0.6 is 15.9 Å². The fourth-order valence-electron chi connectivity index (χ4n) is 3.66. The molecule has 3 rings (SSSR count). The van der Waals surface area contributed by atoms with E-state index in [0.29, 0.717) is 44.2 Å². The van der Waals surface area contributed by atoms with Gasteiger partial charge >= 0.3 is 6.09 Å². The van der Waals surface area contributed by atoms with Crippen LogP contribution in [0.2, 0.25) is 0 Å². The molecule has 0 bridgehead atoms. The van der Waals surface area contributed by atoms with Crippen molar-refractivity contribution in [2.45, 2.75) is 47.2 Å². The van der Waals surface area contributed by atoms with Crippen LogP contribution in [0, 0.1) is 20.8 Å². The summed E-state index contributed by atoms with van der Waals surface area (Å²) in [6.07, 6.45) is 1.32. The Hall–Kier alpha value is -2.89. The van der Waals surface area contributed by atoms with Gasteiger partial charge in [0.25, 0.3) is 0 Å². The molecule has 0 aromatic carbocycles. The number of amides is 3. The summed E-state index contributed by atoms with van der Waals surface area (Å²) >= 11 is 3.46. The molecular formula is C21H30BrN7O4. The standard InChI is InChI=1S/C21H30BrN7O4/c1-6-33-21(32)27-9-7-26(8-10-27)20(31)16(5)28-11-17(13(2)24-28)23-18(30)12-29-15(4)19(22)14(3)25-29/h11,16H,6-10,12H2,1-5H3,(H,23,30). The third-order valence-corrected chi connectivity index (χ3v) is 6.80. The van der Waals surface area contributed by atoms with Gasteiger partial charge < -0.3 is 19.9 Å². The van der Waals surface area contributed by atoms with Crippen molar-refractivity contribution < 1.29 is 19.1 Å². The van der Waals surface area contributed by atoms with Gasteiger partial charge in [-0.2, -0.15) is 10.2 Å². The van der Waals surface area contributed by atoms with Crippen LogP contribution in [0.5, 0.6) is 0 Å². The lowest BCUT2D eigenvalue weighted by molar-refractivity contribution is -0.136. The molecule has 3 heterocycles. The summed E-state index contributed by atoms with van der Waals surface area (Å²) in [5.41, 5.74) is 2.86. The van der Waals surface area contributed by atoms with Crippen molar-refractivity contribution in [3.8, 4) is 0 Å². The number of rotatable bonds is 6. The van der Waals surface area contributed by atoms with E-state index in [9.17, 15) is 14.4 Å². The van der Waals surface area contributed by atoms with Gasteiger partial charge in [-0.1, -0.05) is 0 Å². The highest BCUT2D eigenvalue weighted by Crippen LogP contribution is 2.21. The van der Waals surface area contributed by atoms with Crippen LogP contribution in [0.1, 0.15) is 37.0 Å². The third-order valence-electron chi connectivity index (χ3n) is 5.65. The molecule has 1 atom stereocenters. The van der Waals surface area contributed by atoms with Gasteiger partial charge in [-0.15, -0.1) is 0 Å². The van der Waals surface area contributed by atoms with Crippen molar-refractivity contribution in [3.63, 3.8) is 0 Å². The Balaban J connectivity index is 1.59. The number of hydrogen-bond donors (Lipinski definition) is 1. The van der Waals surface area contributed by atoms with Gasteiger partial charge in [-0.3, -0.25) is 19.0 Å². The maximum atomic E-state index is 13.0. The number of halogens is 1. The van der Waals surface area contributed by atoms with E-state index in [1.54, 1.807) is 46.1 Å². The van der Waals surface area contributed by atoms with Crippen molar-refractivity contribution in [2.75, 3.05) is 38.1 Å². The molecule has 33 heavy (non-hydrogen) atoms. The first-order chi connectivity index (χ1) is 15.6. The maximum Gasteiger partial charge on any atom is 0.409 e. The Labute approximate surface area is 201 Å². The van der Waals surface area contributed by atoms with Crippen molar-refractivity contribution in [1.29, 1.82) is 0 Å². The molecule has 1 saturated heterocycles. The molecule has 1 fully saturated rings. The molecule has 0 spiro atoms. The Morgan fingerprint density at radius 3 is 2.30 bits per heavy atom. The van der Waals surface area contributed by atoms with Gasteiger partial charge in [0.15, 0.2) is 0 Å². The number of carbonyl (C=O) groups is 3. The van der Waals surface area contributed by atoms with Crippen LogP contribution in [0.3, 0.4) is 0 Å². The molecular weight excluding hydrogens is 494 g/mol. The molecule has 0 radical (unpaired) electrons. The summed E-state index contributed by atoms with van der Waals surface area (Å²) in [5, 5.41) is 11.6. The predicted molar refractivity (Wildman–Crippen MR) is 125 cm³/mol.